The second-order valence-corrected chi connectivity index (χ2v) is 6.13. The highest BCUT2D eigenvalue weighted by Gasteiger charge is 2.42. The van der Waals surface area contributed by atoms with E-state index in [1.54, 1.807) is 0 Å². The standard InChI is InChI=1S/C16H22O/c1-10-3-5-14(7-11(10)2)16(17)15-9-12-4-6-13(15)8-12/h3,5,7,12-13,15-17H,4,6,8-9H2,1-2H3. The summed E-state index contributed by atoms with van der Waals surface area (Å²) in [6, 6.07) is 6.42. The molecular weight excluding hydrogens is 208 g/mol. The predicted molar refractivity (Wildman–Crippen MR) is 69.8 cm³/mol. The van der Waals surface area contributed by atoms with Gasteiger partial charge in [-0.15, -0.1) is 0 Å². The van der Waals surface area contributed by atoms with Crippen LogP contribution in [0.5, 0.6) is 0 Å². The van der Waals surface area contributed by atoms with Crippen LogP contribution in [0, 0.1) is 31.6 Å². The molecule has 17 heavy (non-hydrogen) atoms. The van der Waals surface area contributed by atoms with Crippen LogP contribution in [-0.4, -0.2) is 5.11 Å². The average molecular weight is 230 g/mol. The average Bonchev–Trinajstić information content (AvgIpc) is 2.93. The summed E-state index contributed by atoms with van der Waals surface area (Å²) in [5.74, 6) is 2.22. The predicted octanol–water partition coefficient (Wildman–Crippen LogP) is 3.77. The largest absolute Gasteiger partial charge is 0.388 e. The molecule has 1 aromatic carbocycles. The molecule has 0 amide bonds. The lowest BCUT2D eigenvalue weighted by molar-refractivity contribution is 0.0745. The Labute approximate surface area is 104 Å². The summed E-state index contributed by atoms with van der Waals surface area (Å²) in [6.45, 7) is 4.26. The molecule has 2 aliphatic rings. The number of aliphatic hydroxyl groups excluding tert-OH is 1. The second kappa shape index (κ2) is 4.13. The first-order valence-electron chi connectivity index (χ1n) is 6.90. The van der Waals surface area contributed by atoms with Crippen molar-refractivity contribution >= 4 is 0 Å². The maximum Gasteiger partial charge on any atom is 0.0821 e. The van der Waals surface area contributed by atoms with E-state index in [-0.39, 0.29) is 6.10 Å². The van der Waals surface area contributed by atoms with Crippen LogP contribution in [-0.2, 0) is 0 Å². The van der Waals surface area contributed by atoms with Gasteiger partial charge >= 0.3 is 0 Å². The summed E-state index contributed by atoms with van der Waals surface area (Å²) in [4.78, 5) is 0. The topological polar surface area (TPSA) is 20.2 Å². The van der Waals surface area contributed by atoms with E-state index in [4.69, 9.17) is 0 Å². The van der Waals surface area contributed by atoms with E-state index in [9.17, 15) is 5.11 Å². The van der Waals surface area contributed by atoms with Gasteiger partial charge in [0.1, 0.15) is 0 Å². The fraction of sp³-hybridized carbons (Fsp3) is 0.625. The van der Waals surface area contributed by atoms with Crippen LogP contribution >= 0.6 is 0 Å². The Hall–Kier alpha value is -0.820. The van der Waals surface area contributed by atoms with Gasteiger partial charge in [0.15, 0.2) is 0 Å². The summed E-state index contributed by atoms with van der Waals surface area (Å²) < 4.78 is 0. The summed E-state index contributed by atoms with van der Waals surface area (Å²) >= 11 is 0. The third kappa shape index (κ3) is 1.91. The number of fused-ring (bicyclic) bond motifs is 2. The fourth-order valence-corrected chi connectivity index (χ4v) is 3.88. The number of hydrogen-bond acceptors (Lipinski definition) is 1. The Balaban J connectivity index is 1.81. The lowest BCUT2D eigenvalue weighted by Crippen LogP contribution is -2.19. The molecule has 1 heteroatoms. The van der Waals surface area contributed by atoms with Gasteiger partial charge in [-0.25, -0.2) is 0 Å². The van der Waals surface area contributed by atoms with Gasteiger partial charge in [-0.05, 0) is 67.6 Å². The van der Waals surface area contributed by atoms with Gasteiger partial charge in [0, 0.05) is 0 Å². The van der Waals surface area contributed by atoms with Gasteiger partial charge < -0.3 is 5.11 Å². The highest BCUT2D eigenvalue weighted by Crippen LogP contribution is 2.52. The van der Waals surface area contributed by atoms with Crippen LogP contribution in [0.4, 0.5) is 0 Å². The van der Waals surface area contributed by atoms with E-state index < -0.39 is 0 Å². The smallest absolute Gasteiger partial charge is 0.0821 e. The van der Waals surface area contributed by atoms with Crippen molar-refractivity contribution in [3.8, 4) is 0 Å². The zero-order chi connectivity index (χ0) is 12.0. The molecule has 0 heterocycles. The maximum absolute atomic E-state index is 10.6. The molecule has 4 unspecified atom stereocenters. The van der Waals surface area contributed by atoms with E-state index in [1.807, 2.05) is 0 Å². The molecule has 2 fully saturated rings. The third-order valence-electron chi connectivity index (χ3n) is 5.07. The van der Waals surface area contributed by atoms with Gasteiger partial charge in [-0.2, -0.15) is 0 Å². The molecule has 2 saturated carbocycles. The molecular formula is C16H22O. The van der Waals surface area contributed by atoms with Crippen LogP contribution in [0.2, 0.25) is 0 Å². The minimum atomic E-state index is -0.232. The molecule has 1 N–H and O–H groups in total. The van der Waals surface area contributed by atoms with Crippen LogP contribution in [0.3, 0.4) is 0 Å². The third-order valence-corrected chi connectivity index (χ3v) is 5.07. The molecule has 2 aliphatic carbocycles. The van der Waals surface area contributed by atoms with Crippen molar-refractivity contribution in [1.29, 1.82) is 0 Å². The first-order valence-corrected chi connectivity index (χ1v) is 6.90. The van der Waals surface area contributed by atoms with E-state index in [0.29, 0.717) is 5.92 Å². The zero-order valence-corrected chi connectivity index (χ0v) is 10.8. The van der Waals surface area contributed by atoms with Crippen LogP contribution in [0.25, 0.3) is 0 Å². The molecule has 0 radical (unpaired) electrons. The number of rotatable bonds is 2. The van der Waals surface area contributed by atoms with Crippen molar-refractivity contribution in [2.24, 2.45) is 17.8 Å². The summed E-state index contributed by atoms with van der Waals surface area (Å²) in [6.07, 6.45) is 5.13. The van der Waals surface area contributed by atoms with Gasteiger partial charge in [-0.3, -0.25) is 0 Å². The van der Waals surface area contributed by atoms with Crippen molar-refractivity contribution in [2.75, 3.05) is 0 Å². The second-order valence-electron chi connectivity index (χ2n) is 6.13. The number of aliphatic hydroxyl groups is 1. The van der Waals surface area contributed by atoms with Crippen molar-refractivity contribution in [3.63, 3.8) is 0 Å². The quantitative estimate of drug-likeness (QED) is 0.820. The Bertz CT molecular complexity index is 424. The molecule has 1 nitrogen and oxygen atoms in total. The monoisotopic (exact) mass is 230 g/mol. The van der Waals surface area contributed by atoms with Crippen LogP contribution < -0.4 is 0 Å². The van der Waals surface area contributed by atoms with Crippen molar-refractivity contribution in [2.45, 2.75) is 45.6 Å². The van der Waals surface area contributed by atoms with Gasteiger partial charge in [0.25, 0.3) is 0 Å². The van der Waals surface area contributed by atoms with Gasteiger partial charge in [0.05, 0.1) is 6.10 Å². The number of hydrogen-bond donors (Lipinski definition) is 1. The van der Waals surface area contributed by atoms with Crippen LogP contribution in [0.1, 0.15) is 48.5 Å². The fourth-order valence-electron chi connectivity index (χ4n) is 3.88. The summed E-state index contributed by atoms with van der Waals surface area (Å²) in [7, 11) is 0. The lowest BCUT2D eigenvalue weighted by Gasteiger charge is -2.27. The van der Waals surface area contributed by atoms with Crippen molar-refractivity contribution < 1.29 is 5.11 Å². The van der Waals surface area contributed by atoms with E-state index in [2.05, 4.69) is 32.0 Å². The SMILES string of the molecule is Cc1ccc(C(O)C2CC3CCC2C3)cc1C. The summed E-state index contributed by atoms with van der Waals surface area (Å²) in [5, 5.41) is 10.6. The first-order chi connectivity index (χ1) is 8.15. The minimum Gasteiger partial charge on any atom is -0.388 e. The molecule has 0 spiro atoms. The molecule has 3 rings (SSSR count). The minimum absolute atomic E-state index is 0.232. The van der Waals surface area contributed by atoms with Crippen molar-refractivity contribution in [1.82, 2.24) is 0 Å². The Morgan fingerprint density at radius 2 is 1.94 bits per heavy atom. The van der Waals surface area contributed by atoms with E-state index in [0.717, 1.165) is 17.4 Å². The highest BCUT2D eigenvalue weighted by atomic mass is 16.3. The van der Waals surface area contributed by atoms with Crippen molar-refractivity contribution in [3.05, 3.63) is 34.9 Å². The molecule has 0 aromatic heterocycles. The molecule has 0 aliphatic heterocycles. The number of aryl methyl sites for hydroxylation is 2. The molecule has 1 aromatic rings. The maximum atomic E-state index is 10.6. The van der Waals surface area contributed by atoms with E-state index >= 15 is 0 Å². The molecule has 4 atom stereocenters. The summed E-state index contributed by atoms with van der Waals surface area (Å²) in [5.41, 5.74) is 3.74. The molecule has 92 valence electrons. The molecule has 0 saturated heterocycles. The highest BCUT2D eigenvalue weighted by molar-refractivity contribution is 5.31. The Kier molecular flexibility index (Phi) is 2.74. The Morgan fingerprint density at radius 3 is 2.53 bits per heavy atom. The van der Waals surface area contributed by atoms with Crippen LogP contribution in [0.15, 0.2) is 18.2 Å². The number of benzene rings is 1. The molecule has 2 bridgehead atoms. The zero-order valence-electron chi connectivity index (χ0n) is 10.8. The normalized spacial score (nSPS) is 33.0. The van der Waals surface area contributed by atoms with Gasteiger partial charge in [0.2, 0.25) is 0 Å². The van der Waals surface area contributed by atoms with Gasteiger partial charge in [-0.1, -0.05) is 24.6 Å². The first kappa shape index (κ1) is 11.3. The Morgan fingerprint density at radius 1 is 1.12 bits per heavy atom. The van der Waals surface area contributed by atoms with E-state index in [1.165, 1.54) is 36.8 Å². The lowest BCUT2D eigenvalue weighted by atomic mass is 9.82.